The Morgan fingerprint density at radius 3 is 1.92 bits per heavy atom. The summed E-state index contributed by atoms with van der Waals surface area (Å²) < 4.78 is 1.84. The fourth-order valence-electron chi connectivity index (χ4n) is 4.96. The van der Waals surface area contributed by atoms with E-state index in [-0.39, 0.29) is 11.4 Å². The van der Waals surface area contributed by atoms with Gasteiger partial charge in [-0.1, -0.05) is 48.5 Å². The molecule has 36 heavy (non-hydrogen) atoms. The van der Waals surface area contributed by atoms with E-state index in [9.17, 15) is 15.2 Å². The van der Waals surface area contributed by atoms with Crippen molar-refractivity contribution >= 4 is 32.9 Å². The van der Waals surface area contributed by atoms with Gasteiger partial charge in [0.1, 0.15) is 5.75 Å². The van der Waals surface area contributed by atoms with Crippen LogP contribution in [-0.2, 0) is 0 Å². The number of non-ortho nitro benzene ring substituents is 1. The number of hydrogen-bond acceptors (Lipinski definition) is 4. The average Bonchev–Trinajstić information content (AvgIpc) is 3.05. The molecule has 0 bridgehead atoms. The number of benzene rings is 4. The maximum atomic E-state index is 12.0. The van der Waals surface area contributed by atoms with Crippen molar-refractivity contribution in [3.8, 4) is 16.9 Å². The highest BCUT2D eigenvalue weighted by molar-refractivity contribution is 6.15. The topological polar surface area (TPSA) is 80.7 Å². The lowest BCUT2D eigenvalue weighted by atomic mass is 9.90. The molecule has 1 N–H and O–H groups in total. The number of phenolic OH excluding ortho intramolecular Hbond substituents is 1. The van der Waals surface area contributed by atoms with Crippen LogP contribution in [0.15, 0.2) is 71.8 Å². The van der Waals surface area contributed by atoms with Gasteiger partial charge < -0.3 is 5.11 Å². The summed E-state index contributed by atoms with van der Waals surface area (Å²) in [4.78, 5) is 11.6. The Hall–Kier alpha value is -4.45. The van der Waals surface area contributed by atoms with E-state index >= 15 is 0 Å². The number of phenols is 1. The van der Waals surface area contributed by atoms with Gasteiger partial charge in [-0.05, 0) is 73.4 Å². The van der Waals surface area contributed by atoms with Crippen LogP contribution in [0.4, 0.5) is 5.69 Å². The van der Waals surface area contributed by atoms with Crippen molar-refractivity contribution in [2.24, 2.45) is 5.10 Å². The fourth-order valence-corrected chi connectivity index (χ4v) is 4.96. The highest BCUT2D eigenvalue weighted by Gasteiger charge is 2.22. The van der Waals surface area contributed by atoms with E-state index in [1.165, 1.54) is 12.1 Å². The molecule has 180 valence electrons. The Kier molecular flexibility index (Phi) is 5.59. The van der Waals surface area contributed by atoms with Crippen LogP contribution in [0.5, 0.6) is 5.75 Å². The molecule has 0 radical (unpaired) electrons. The molecule has 1 aromatic heterocycles. The maximum absolute atomic E-state index is 12.0. The van der Waals surface area contributed by atoms with Gasteiger partial charge in [-0.25, -0.2) is 4.68 Å². The van der Waals surface area contributed by atoms with Crippen molar-refractivity contribution in [1.29, 1.82) is 0 Å². The van der Waals surface area contributed by atoms with Crippen molar-refractivity contribution in [3.63, 3.8) is 0 Å². The van der Waals surface area contributed by atoms with Crippen LogP contribution < -0.4 is 0 Å². The van der Waals surface area contributed by atoms with Gasteiger partial charge in [0, 0.05) is 40.2 Å². The first-order chi connectivity index (χ1) is 17.2. The van der Waals surface area contributed by atoms with Crippen LogP contribution in [0.1, 0.15) is 35.0 Å². The molecule has 6 heteroatoms. The van der Waals surface area contributed by atoms with Gasteiger partial charge >= 0.3 is 0 Å². The first kappa shape index (κ1) is 23.3. The molecular weight excluding hydrogens is 450 g/mol. The lowest BCUT2D eigenvalue weighted by Crippen LogP contribution is -2.05. The van der Waals surface area contributed by atoms with Crippen molar-refractivity contribution in [3.05, 3.63) is 105 Å². The summed E-state index contributed by atoms with van der Waals surface area (Å²) in [7, 11) is 0. The Morgan fingerprint density at radius 2 is 1.39 bits per heavy atom. The van der Waals surface area contributed by atoms with Gasteiger partial charge in [-0.15, -0.1) is 0 Å². The molecule has 0 aliphatic heterocycles. The molecule has 0 aliphatic carbocycles. The Bertz CT molecular complexity index is 1650. The zero-order valence-corrected chi connectivity index (χ0v) is 21.0. The summed E-state index contributed by atoms with van der Waals surface area (Å²) in [5, 5.41) is 32.2. The first-order valence-electron chi connectivity index (χ1n) is 11.8. The number of aromatic hydroxyl groups is 1. The second-order valence-corrected chi connectivity index (χ2v) is 9.26. The number of fused-ring (bicyclic) bond motifs is 2. The molecule has 0 fully saturated rings. The predicted molar refractivity (Wildman–Crippen MR) is 146 cm³/mol. The lowest BCUT2D eigenvalue weighted by molar-refractivity contribution is -0.384. The Balaban J connectivity index is 1.85. The summed E-state index contributed by atoms with van der Waals surface area (Å²) in [5.41, 5.74) is 6.18. The third kappa shape index (κ3) is 3.62. The molecule has 0 saturated heterocycles. The molecule has 0 unspecified atom stereocenters. The Labute approximate surface area is 209 Å². The monoisotopic (exact) mass is 477 g/mol. The number of nitro groups is 1. The van der Waals surface area contributed by atoms with Gasteiger partial charge in [0.05, 0.1) is 10.6 Å². The SMILES string of the molecule is C/C(=N/n1c(C)c(C)c(C)c1C)c1cc([N+](=O)[O-])cc(-c2c3ccccc3cc3ccccc23)c1O. The third-order valence-corrected chi connectivity index (χ3v) is 7.27. The molecule has 0 spiro atoms. The molecule has 1 heterocycles. The smallest absolute Gasteiger partial charge is 0.270 e. The number of aromatic nitrogens is 1. The minimum atomic E-state index is -0.423. The van der Waals surface area contributed by atoms with Gasteiger partial charge in [0.2, 0.25) is 0 Å². The molecule has 0 aliphatic rings. The van der Waals surface area contributed by atoms with Crippen LogP contribution in [0, 0.1) is 37.8 Å². The van der Waals surface area contributed by atoms with E-state index < -0.39 is 4.92 Å². The van der Waals surface area contributed by atoms with Crippen molar-refractivity contribution in [1.82, 2.24) is 4.68 Å². The molecule has 0 atom stereocenters. The predicted octanol–water partition coefficient (Wildman–Crippen LogP) is 7.58. The summed E-state index contributed by atoms with van der Waals surface area (Å²) in [5.74, 6) is -0.0285. The number of hydrogen-bond donors (Lipinski definition) is 1. The maximum Gasteiger partial charge on any atom is 0.270 e. The summed E-state index contributed by atoms with van der Waals surface area (Å²) in [6, 6.07) is 20.7. The second-order valence-electron chi connectivity index (χ2n) is 9.26. The normalized spacial score (nSPS) is 12.0. The van der Waals surface area contributed by atoms with E-state index in [0.29, 0.717) is 16.8 Å². The Morgan fingerprint density at radius 1 is 0.861 bits per heavy atom. The van der Waals surface area contributed by atoms with Crippen molar-refractivity contribution < 1.29 is 10.0 Å². The molecule has 0 saturated carbocycles. The van der Waals surface area contributed by atoms with E-state index in [2.05, 4.69) is 6.07 Å². The quantitative estimate of drug-likeness (QED) is 0.125. The lowest BCUT2D eigenvalue weighted by Gasteiger charge is -2.16. The minimum Gasteiger partial charge on any atom is -0.507 e. The fraction of sp³-hybridized carbons (Fsp3) is 0.167. The number of nitrogens with zero attached hydrogens (tertiary/aromatic N) is 3. The summed E-state index contributed by atoms with van der Waals surface area (Å²) in [6.07, 6.45) is 0. The highest BCUT2D eigenvalue weighted by Crippen LogP contribution is 2.43. The van der Waals surface area contributed by atoms with Crippen LogP contribution in [0.25, 0.3) is 32.7 Å². The van der Waals surface area contributed by atoms with Crippen LogP contribution in [-0.4, -0.2) is 20.4 Å². The van der Waals surface area contributed by atoms with Crippen molar-refractivity contribution in [2.45, 2.75) is 34.6 Å². The van der Waals surface area contributed by atoms with Crippen LogP contribution in [0.2, 0.25) is 0 Å². The van der Waals surface area contributed by atoms with E-state index in [4.69, 9.17) is 5.10 Å². The summed E-state index contributed by atoms with van der Waals surface area (Å²) in [6.45, 7) is 9.86. The standard InChI is InChI=1S/C30H27N3O3/c1-17-18(2)21(5)32(20(17)4)31-19(3)27-15-24(33(35)36)16-28(30(27)34)29-25-12-8-6-10-22(25)14-23-11-7-9-13-26(23)29/h6-16,34H,1-5H3/b31-19-. The number of rotatable bonds is 4. The van der Waals surface area contributed by atoms with E-state index in [1.54, 1.807) is 6.92 Å². The van der Waals surface area contributed by atoms with Gasteiger partial charge in [-0.3, -0.25) is 10.1 Å². The second kappa shape index (κ2) is 8.64. The van der Waals surface area contributed by atoms with Gasteiger partial charge in [0.25, 0.3) is 5.69 Å². The molecule has 5 rings (SSSR count). The van der Waals surface area contributed by atoms with Gasteiger partial charge in [-0.2, -0.15) is 5.10 Å². The zero-order valence-electron chi connectivity index (χ0n) is 21.0. The summed E-state index contributed by atoms with van der Waals surface area (Å²) >= 11 is 0. The van der Waals surface area contributed by atoms with Crippen molar-refractivity contribution in [2.75, 3.05) is 0 Å². The molecule has 4 aromatic carbocycles. The zero-order chi connectivity index (χ0) is 25.7. The largest absolute Gasteiger partial charge is 0.507 e. The van der Waals surface area contributed by atoms with Crippen LogP contribution >= 0.6 is 0 Å². The minimum absolute atomic E-state index is 0.0285. The average molecular weight is 478 g/mol. The van der Waals surface area contributed by atoms with Crippen LogP contribution in [0.3, 0.4) is 0 Å². The third-order valence-electron chi connectivity index (χ3n) is 7.27. The number of nitro benzene ring substituents is 1. The molecule has 6 nitrogen and oxygen atoms in total. The van der Waals surface area contributed by atoms with E-state index in [1.807, 2.05) is 80.9 Å². The molecule has 5 aromatic rings. The van der Waals surface area contributed by atoms with Gasteiger partial charge in [0.15, 0.2) is 0 Å². The first-order valence-corrected chi connectivity index (χ1v) is 11.8. The highest BCUT2D eigenvalue weighted by atomic mass is 16.6. The van der Waals surface area contributed by atoms with E-state index in [0.717, 1.165) is 49.6 Å². The molecular formula is C30H27N3O3. The molecule has 0 amide bonds.